The summed E-state index contributed by atoms with van der Waals surface area (Å²) in [4.78, 5) is 14.4. The minimum Gasteiger partial charge on any atom is -0.493 e. The van der Waals surface area contributed by atoms with Crippen molar-refractivity contribution in [3.63, 3.8) is 0 Å². The number of benzene rings is 2. The van der Waals surface area contributed by atoms with E-state index in [0.717, 1.165) is 35.7 Å². The van der Waals surface area contributed by atoms with E-state index in [-0.39, 0.29) is 5.91 Å². The van der Waals surface area contributed by atoms with Crippen LogP contribution in [0.4, 0.5) is 0 Å². The molecular formula is C26H31N3O4. The zero-order chi connectivity index (χ0) is 23.6. The minimum absolute atomic E-state index is 0.138. The predicted octanol–water partition coefficient (Wildman–Crippen LogP) is 4.14. The number of aromatic nitrogens is 1. The van der Waals surface area contributed by atoms with E-state index in [1.54, 1.807) is 13.2 Å². The van der Waals surface area contributed by atoms with E-state index in [4.69, 9.17) is 14.0 Å². The quantitative estimate of drug-likeness (QED) is 0.444. The number of ether oxygens (including phenoxy) is 2. The van der Waals surface area contributed by atoms with Crippen LogP contribution in [-0.2, 0) is 17.9 Å². The fraction of sp³-hybridized carbons (Fsp3) is 0.308. The van der Waals surface area contributed by atoms with Crippen LogP contribution in [-0.4, -0.2) is 43.2 Å². The summed E-state index contributed by atoms with van der Waals surface area (Å²) in [7, 11) is 3.63. The molecule has 1 amide bonds. The average molecular weight is 450 g/mol. The van der Waals surface area contributed by atoms with Crippen molar-refractivity contribution < 1.29 is 18.8 Å². The Morgan fingerprint density at radius 1 is 1.15 bits per heavy atom. The van der Waals surface area contributed by atoms with Crippen LogP contribution >= 0.6 is 0 Å². The molecule has 3 rings (SSSR count). The van der Waals surface area contributed by atoms with Crippen LogP contribution in [0, 0.1) is 13.8 Å². The van der Waals surface area contributed by atoms with E-state index in [1.165, 1.54) is 11.6 Å². The first-order valence-corrected chi connectivity index (χ1v) is 10.9. The molecule has 1 N–H and O–H groups in total. The van der Waals surface area contributed by atoms with Gasteiger partial charge in [0.05, 0.1) is 18.4 Å². The number of amides is 1. The van der Waals surface area contributed by atoms with Crippen LogP contribution in [0.1, 0.15) is 28.1 Å². The Morgan fingerprint density at radius 3 is 2.64 bits per heavy atom. The van der Waals surface area contributed by atoms with Gasteiger partial charge in [-0.1, -0.05) is 41.6 Å². The van der Waals surface area contributed by atoms with Crippen LogP contribution in [0.5, 0.6) is 11.5 Å². The van der Waals surface area contributed by atoms with Crippen LogP contribution in [0.25, 0.3) is 6.08 Å². The number of likely N-dealkylation sites (N-methyl/N-ethyl adjacent to an activating group) is 1. The Labute approximate surface area is 195 Å². The molecule has 0 atom stereocenters. The highest BCUT2D eigenvalue weighted by atomic mass is 16.5. The van der Waals surface area contributed by atoms with E-state index in [0.29, 0.717) is 24.7 Å². The fourth-order valence-corrected chi connectivity index (χ4v) is 3.34. The first kappa shape index (κ1) is 24.1. The lowest BCUT2D eigenvalue weighted by molar-refractivity contribution is -0.116. The Bertz CT molecular complexity index is 1060. The molecule has 0 aliphatic carbocycles. The number of hydrogen-bond donors (Lipinski definition) is 1. The van der Waals surface area contributed by atoms with Crippen molar-refractivity contribution in [2.24, 2.45) is 0 Å². The van der Waals surface area contributed by atoms with Gasteiger partial charge in [-0.2, -0.15) is 0 Å². The number of rotatable bonds is 11. The number of aryl methyl sites for hydroxylation is 2. The molecule has 0 bridgehead atoms. The molecule has 0 saturated carbocycles. The van der Waals surface area contributed by atoms with Crippen LogP contribution < -0.4 is 14.8 Å². The number of nitrogens with zero attached hydrogens (tertiary/aromatic N) is 2. The molecule has 0 fully saturated rings. The lowest BCUT2D eigenvalue weighted by Gasteiger charge is -2.16. The number of hydrogen-bond acceptors (Lipinski definition) is 6. The highest BCUT2D eigenvalue weighted by molar-refractivity contribution is 5.91. The third kappa shape index (κ3) is 7.22. The smallest absolute Gasteiger partial charge is 0.244 e. The normalized spacial score (nSPS) is 11.2. The topological polar surface area (TPSA) is 76.8 Å². The molecule has 0 aliphatic heterocycles. The van der Waals surface area contributed by atoms with E-state index in [1.807, 2.05) is 57.3 Å². The van der Waals surface area contributed by atoms with Gasteiger partial charge in [0.15, 0.2) is 11.5 Å². The molecule has 0 spiro atoms. The van der Waals surface area contributed by atoms with Gasteiger partial charge in [-0.05, 0) is 50.2 Å². The van der Waals surface area contributed by atoms with Gasteiger partial charge in [0.1, 0.15) is 12.4 Å². The summed E-state index contributed by atoms with van der Waals surface area (Å²) in [5, 5.41) is 6.86. The maximum absolute atomic E-state index is 12.2. The van der Waals surface area contributed by atoms with Gasteiger partial charge in [0.25, 0.3) is 0 Å². The number of carbonyl (C=O) groups is 1. The number of methoxy groups -OCH3 is 1. The molecule has 174 valence electrons. The van der Waals surface area contributed by atoms with Crippen molar-refractivity contribution in [3.05, 3.63) is 82.8 Å². The Balaban J connectivity index is 1.48. The van der Waals surface area contributed by atoms with Crippen molar-refractivity contribution in [3.8, 4) is 11.5 Å². The monoisotopic (exact) mass is 449 g/mol. The average Bonchev–Trinajstić information content (AvgIpc) is 3.14. The van der Waals surface area contributed by atoms with Crippen LogP contribution in [0.2, 0.25) is 0 Å². The van der Waals surface area contributed by atoms with Gasteiger partial charge in [0.2, 0.25) is 5.91 Å². The molecule has 3 aromatic rings. The number of nitrogens with one attached hydrogen (secondary N) is 1. The Hall–Kier alpha value is -3.58. The second-order valence-electron chi connectivity index (χ2n) is 7.85. The van der Waals surface area contributed by atoms with Crippen molar-refractivity contribution in [1.82, 2.24) is 15.4 Å². The van der Waals surface area contributed by atoms with Crippen LogP contribution in [0.3, 0.4) is 0 Å². The zero-order valence-electron chi connectivity index (χ0n) is 19.6. The fourth-order valence-electron chi connectivity index (χ4n) is 3.34. The van der Waals surface area contributed by atoms with Gasteiger partial charge in [-0.15, -0.1) is 0 Å². The van der Waals surface area contributed by atoms with Crippen molar-refractivity contribution >= 4 is 12.0 Å². The second kappa shape index (κ2) is 11.9. The van der Waals surface area contributed by atoms with E-state index >= 15 is 0 Å². The van der Waals surface area contributed by atoms with Crippen LogP contribution in [0.15, 0.2) is 59.1 Å². The van der Waals surface area contributed by atoms with Gasteiger partial charge < -0.3 is 24.2 Å². The van der Waals surface area contributed by atoms with Gasteiger partial charge >= 0.3 is 0 Å². The highest BCUT2D eigenvalue weighted by Crippen LogP contribution is 2.30. The highest BCUT2D eigenvalue weighted by Gasteiger charge is 2.12. The van der Waals surface area contributed by atoms with Gasteiger partial charge in [0, 0.05) is 25.7 Å². The lowest BCUT2D eigenvalue weighted by Crippen LogP contribution is -2.31. The molecule has 2 aromatic carbocycles. The lowest BCUT2D eigenvalue weighted by atomic mass is 10.2. The first-order chi connectivity index (χ1) is 16.0. The van der Waals surface area contributed by atoms with Crippen molar-refractivity contribution in [2.45, 2.75) is 27.0 Å². The molecule has 7 heteroatoms. The first-order valence-electron chi connectivity index (χ1n) is 10.9. The Morgan fingerprint density at radius 2 is 1.94 bits per heavy atom. The zero-order valence-corrected chi connectivity index (χ0v) is 19.6. The standard InChI is InChI=1S/C26H31N3O4/c1-19-23(20(2)33-28-19)18-32-24-12-10-21(16-25(24)31-4)11-13-26(30)27-14-15-29(3)17-22-8-6-5-7-9-22/h5-13,16H,14-15,17-18H2,1-4H3,(H,27,30)/b13-11+. The molecule has 7 nitrogen and oxygen atoms in total. The maximum Gasteiger partial charge on any atom is 0.244 e. The molecule has 0 saturated heterocycles. The maximum atomic E-state index is 12.2. The molecule has 0 radical (unpaired) electrons. The molecule has 0 unspecified atom stereocenters. The summed E-state index contributed by atoms with van der Waals surface area (Å²) in [5.41, 5.74) is 3.82. The minimum atomic E-state index is -0.138. The van der Waals surface area contributed by atoms with Crippen molar-refractivity contribution in [1.29, 1.82) is 0 Å². The van der Waals surface area contributed by atoms with Gasteiger partial charge in [-0.3, -0.25) is 4.79 Å². The molecule has 1 aromatic heterocycles. The predicted molar refractivity (Wildman–Crippen MR) is 128 cm³/mol. The summed E-state index contributed by atoms with van der Waals surface area (Å²) in [6, 6.07) is 15.8. The molecule has 1 heterocycles. The van der Waals surface area contributed by atoms with E-state index in [9.17, 15) is 4.79 Å². The summed E-state index contributed by atoms with van der Waals surface area (Å²) >= 11 is 0. The third-order valence-electron chi connectivity index (χ3n) is 5.26. The summed E-state index contributed by atoms with van der Waals surface area (Å²) in [6.45, 7) is 6.26. The number of carbonyl (C=O) groups excluding carboxylic acids is 1. The molecular weight excluding hydrogens is 418 g/mol. The Kier molecular flexibility index (Phi) is 8.66. The molecule has 33 heavy (non-hydrogen) atoms. The third-order valence-corrected chi connectivity index (χ3v) is 5.26. The van der Waals surface area contributed by atoms with E-state index < -0.39 is 0 Å². The van der Waals surface area contributed by atoms with Crippen molar-refractivity contribution in [2.75, 3.05) is 27.2 Å². The second-order valence-corrected chi connectivity index (χ2v) is 7.85. The van der Waals surface area contributed by atoms with E-state index in [2.05, 4.69) is 27.5 Å². The van der Waals surface area contributed by atoms with Gasteiger partial charge in [-0.25, -0.2) is 0 Å². The summed E-state index contributed by atoms with van der Waals surface area (Å²) < 4.78 is 16.5. The summed E-state index contributed by atoms with van der Waals surface area (Å²) in [6.07, 6.45) is 3.28. The largest absolute Gasteiger partial charge is 0.493 e. The summed E-state index contributed by atoms with van der Waals surface area (Å²) in [5.74, 6) is 1.80. The SMILES string of the molecule is COc1cc(/C=C/C(=O)NCCN(C)Cc2ccccc2)ccc1OCc1c(C)noc1C. The molecule has 0 aliphatic rings.